The molecule has 2 N–H and O–H groups in total. The number of rotatable bonds is 6. The van der Waals surface area contributed by atoms with Crippen molar-refractivity contribution >= 4 is 11.1 Å². The predicted octanol–water partition coefficient (Wildman–Crippen LogP) is 3.14. The van der Waals surface area contributed by atoms with E-state index in [2.05, 4.69) is 18.8 Å². The van der Waals surface area contributed by atoms with Crippen molar-refractivity contribution in [1.82, 2.24) is 4.98 Å². The molecule has 0 amide bonds. The number of aryl methyl sites for hydroxylation is 1. The molecule has 1 aromatic carbocycles. The van der Waals surface area contributed by atoms with Crippen molar-refractivity contribution in [1.29, 1.82) is 0 Å². The number of oxazole rings is 1. The normalized spacial score (nSPS) is 12.0. The summed E-state index contributed by atoms with van der Waals surface area (Å²) in [5, 5.41) is 0. The Kier molecular flexibility index (Phi) is 4.10. The van der Waals surface area contributed by atoms with Crippen LogP contribution >= 0.6 is 0 Å². The minimum Gasteiger partial charge on any atom is -0.497 e. The summed E-state index contributed by atoms with van der Waals surface area (Å²) in [6, 6.07) is 5.69. The van der Waals surface area contributed by atoms with Crippen LogP contribution in [-0.4, -0.2) is 18.6 Å². The molecule has 104 valence electrons. The van der Waals surface area contributed by atoms with Crippen molar-refractivity contribution in [3.05, 3.63) is 24.1 Å². The van der Waals surface area contributed by atoms with E-state index in [-0.39, 0.29) is 5.41 Å². The van der Waals surface area contributed by atoms with Gasteiger partial charge in [0.15, 0.2) is 11.5 Å². The van der Waals surface area contributed by atoms with Gasteiger partial charge in [-0.05, 0) is 36.9 Å². The van der Waals surface area contributed by atoms with Gasteiger partial charge in [0.25, 0.3) is 0 Å². The zero-order chi connectivity index (χ0) is 13.9. The summed E-state index contributed by atoms with van der Waals surface area (Å²) in [5.41, 5.74) is 7.52. The number of ether oxygens (including phenoxy) is 1. The van der Waals surface area contributed by atoms with Crippen LogP contribution < -0.4 is 10.5 Å². The standard InChI is InChI=1S/C15H22N2O2/c1-15(2,8-9-16)7-6-14-17-12-5-4-11(18-3)10-13(12)19-14/h4-5,10H,6-9,16H2,1-3H3. The molecular formula is C15H22N2O2. The molecule has 0 atom stereocenters. The Morgan fingerprint density at radius 2 is 2.11 bits per heavy atom. The summed E-state index contributed by atoms with van der Waals surface area (Å²) in [6.45, 7) is 5.18. The molecule has 0 unspecified atom stereocenters. The van der Waals surface area contributed by atoms with E-state index < -0.39 is 0 Å². The van der Waals surface area contributed by atoms with Crippen molar-refractivity contribution in [3.8, 4) is 5.75 Å². The molecule has 2 rings (SSSR count). The van der Waals surface area contributed by atoms with E-state index in [0.29, 0.717) is 0 Å². The third-order valence-electron chi connectivity index (χ3n) is 3.48. The SMILES string of the molecule is COc1ccc2nc(CCC(C)(C)CCN)oc2c1. The molecule has 0 saturated carbocycles. The first kappa shape index (κ1) is 13.9. The highest BCUT2D eigenvalue weighted by Crippen LogP contribution is 2.28. The van der Waals surface area contributed by atoms with Gasteiger partial charge in [-0.15, -0.1) is 0 Å². The van der Waals surface area contributed by atoms with Crippen molar-refractivity contribution in [2.24, 2.45) is 11.1 Å². The van der Waals surface area contributed by atoms with E-state index in [1.54, 1.807) is 7.11 Å². The minimum atomic E-state index is 0.229. The fraction of sp³-hybridized carbons (Fsp3) is 0.533. The topological polar surface area (TPSA) is 61.3 Å². The first-order chi connectivity index (χ1) is 9.04. The van der Waals surface area contributed by atoms with E-state index in [9.17, 15) is 0 Å². The third kappa shape index (κ3) is 3.47. The smallest absolute Gasteiger partial charge is 0.195 e. The number of nitrogens with two attached hydrogens (primary N) is 1. The van der Waals surface area contributed by atoms with Gasteiger partial charge in [0.05, 0.1) is 7.11 Å². The molecule has 0 saturated heterocycles. The van der Waals surface area contributed by atoms with Crippen LogP contribution in [0.15, 0.2) is 22.6 Å². The van der Waals surface area contributed by atoms with E-state index in [4.69, 9.17) is 14.9 Å². The van der Waals surface area contributed by atoms with Crippen LogP contribution in [-0.2, 0) is 6.42 Å². The maximum absolute atomic E-state index is 5.76. The largest absolute Gasteiger partial charge is 0.497 e. The maximum atomic E-state index is 5.76. The van der Waals surface area contributed by atoms with Gasteiger partial charge < -0.3 is 14.9 Å². The molecule has 0 bridgehead atoms. The molecule has 4 heteroatoms. The van der Waals surface area contributed by atoms with E-state index in [0.717, 1.165) is 48.5 Å². The summed E-state index contributed by atoms with van der Waals surface area (Å²) in [7, 11) is 1.65. The Bertz CT molecular complexity index is 546. The number of fused-ring (bicyclic) bond motifs is 1. The summed E-state index contributed by atoms with van der Waals surface area (Å²) in [4.78, 5) is 4.50. The van der Waals surface area contributed by atoms with E-state index in [1.165, 1.54) is 0 Å². The fourth-order valence-corrected chi connectivity index (χ4v) is 2.15. The molecule has 0 aliphatic heterocycles. The van der Waals surface area contributed by atoms with E-state index in [1.807, 2.05) is 18.2 Å². The molecule has 4 nitrogen and oxygen atoms in total. The summed E-state index contributed by atoms with van der Waals surface area (Å²) in [6.07, 6.45) is 2.87. The molecule has 0 fully saturated rings. The summed E-state index contributed by atoms with van der Waals surface area (Å²) in [5.74, 6) is 1.58. The molecule has 0 aliphatic carbocycles. The summed E-state index contributed by atoms with van der Waals surface area (Å²) < 4.78 is 10.9. The van der Waals surface area contributed by atoms with E-state index >= 15 is 0 Å². The van der Waals surface area contributed by atoms with Crippen LogP contribution in [0.1, 0.15) is 32.6 Å². The second-order valence-electron chi connectivity index (χ2n) is 5.64. The average molecular weight is 262 g/mol. The predicted molar refractivity (Wildman–Crippen MR) is 76.3 cm³/mol. The highest BCUT2D eigenvalue weighted by atomic mass is 16.5. The van der Waals surface area contributed by atoms with Gasteiger partial charge in [-0.3, -0.25) is 0 Å². The lowest BCUT2D eigenvalue weighted by Crippen LogP contribution is -2.17. The Labute approximate surface area is 114 Å². The molecular weight excluding hydrogens is 240 g/mol. The van der Waals surface area contributed by atoms with Crippen LogP contribution in [0.4, 0.5) is 0 Å². The highest BCUT2D eigenvalue weighted by molar-refractivity contribution is 5.74. The Morgan fingerprint density at radius 1 is 1.32 bits per heavy atom. The number of nitrogens with zero attached hydrogens (tertiary/aromatic N) is 1. The lowest BCUT2D eigenvalue weighted by atomic mass is 9.84. The highest BCUT2D eigenvalue weighted by Gasteiger charge is 2.18. The maximum Gasteiger partial charge on any atom is 0.195 e. The Morgan fingerprint density at radius 3 is 2.79 bits per heavy atom. The lowest BCUT2D eigenvalue weighted by Gasteiger charge is -2.22. The zero-order valence-electron chi connectivity index (χ0n) is 11.9. The van der Waals surface area contributed by atoms with Crippen molar-refractivity contribution in [2.75, 3.05) is 13.7 Å². The van der Waals surface area contributed by atoms with Crippen molar-refractivity contribution < 1.29 is 9.15 Å². The van der Waals surface area contributed by atoms with Gasteiger partial charge in [0, 0.05) is 12.5 Å². The Balaban J connectivity index is 2.09. The quantitative estimate of drug-likeness (QED) is 0.868. The number of hydrogen-bond donors (Lipinski definition) is 1. The molecule has 1 aromatic heterocycles. The molecule has 19 heavy (non-hydrogen) atoms. The monoisotopic (exact) mass is 262 g/mol. The first-order valence-corrected chi connectivity index (χ1v) is 6.67. The van der Waals surface area contributed by atoms with Gasteiger partial charge in [-0.25, -0.2) is 4.98 Å². The van der Waals surface area contributed by atoms with Crippen molar-refractivity contribution in [2.45, 2.75) is 33.1 Å². The van der Waals surface area contributed by atoms with Crippen LogP contribution in [0.25, 0.3) is 11.1 Å². The second-order valence-corrected chi connectivity index (χ2v) is 5.64. The molecule has 0 spiro atoms. The van der Waals surface area contributed by atoms with Gasteiger partial charge in [0.2, 0.25) is 0 Å². The van der Waals surface area contributed by atoms with Gasteiger partial charge >= 0.3 is 0 Å². The van der Waals surface area contributed by atoms with Crippen molar-refractivity contribution in [3.63, 3.8) is 0 Å². The second kappa shape index (κ2) is 5.61. The molecule has 0 aliphatic rings. The lowest BCUT2D eigenvalue weighted by molar-refractivity contribution is 0.302. The van der Waals surface area contributed by atoms with Gasteiger partial charge in [-0.2, -0.15) is 0 Å². The fourth-order valence-electron chi connectivity index (χ4n) is 2.15. The number of methoxy groups -OCH3 is 1. The zero-order valence-corrected chi connectivity index (χ0v) is 11.9. The number of hydrogen-bond acceptors (Lipinski definition) is 4. The minimum absolute atomic E-state index is 0.229. The number of aromatic nitrogens is 1. The van der Waals surface area contributed by atoms with Crippen LogP contribution in [0, 0.1) is 5.41 Å². The van der Waals surface area contributed by atoms with Crippen LogP contribution in [0.2, 0.25) is 0 Å². The first-order valence-electron chi connectivity index (χ1n) is 6.67. The Hall–Kier alpha value is -1.55. The average Bonchev–Trinajstić information content (AvgIpc) is 2.78. The molecule has 1 heterocycles. The molecule has 0 radical (unpaired) electrons. The third-order valence-corrected chi connectivity index (χ3v) is 3.48. The molecule has 2 aromatic rings. The number of benzene rings is 1. The van der Waals surface area contributed by atoms with Gasteiger partial charge in [0.1, 0.15) is 11.3 Å². The van der Waals surface area contributed by atoms with Crippen LogP contribution in [0.5, 0.6) is 5.75 Å². The van der Waals surface area contributed by atoms with Crippen LogP contribution in [0.3, 0.4) is 0 Å². The van der Waals surface area contributed by atoms with Gasteiger partial charge in [-0.1, -0.05) is 13.8 Å². The summed E-state index contributed by atoms with van der Waals surface area (Å²) >= 11 is 0.